The number of amides is 1. The largest absolute Gasteiger partial charge is 0.444 e. The lowest BCUT2D eigenvalue weighted by Crippen LogP contribution is -2.50. The first-order valence-corrected chi connectivity index (χ1v) is 10.7. The van der Waals surface area contributed by atoms with Crippen LogP contribution < -0.4 is 0 Å². The molecular weight excluding hydrogens is 412 g/mol. The third-order valence-corrected chi connectivity index (χ3v) is 4.74. The zero-order valence-corrected chi connectivity index (χ0v) is 18.8. The van der Waals surface area contributed by atoms with E-state index in [-0.39, 0.29) is 23.3 Å². The van der Waals surface area contributed by atoms with Gasteiger partial charge in [0.05, 0.1) is 18.0 Å². The monoisotopic (exact) mass is 439 g/mol. The van der Waals surface area contributed by atoms with Gasteiger partial charge in [-0.15, -0.1) is 35.0 Å². The highest BCUT2D eigenvalue weighted by molar-refractivity contribution is 7.99. The fraction of sp³-hybridized carbons (Fsp3) is 0.632. The van der Waals surface area contributed by atoms with Crippen molar-refractivity contribution in [2.45, 2.75) is 63.3 Å². The van der Waals surface area contributed by atoms with E-state index in [1.165, 1.54) is 12.1 Å². The van der Waals surface area contributed by atoms with Crippen LogP contribution in [0.25, 0.3) is 0 Å². The minimum atomic E-state index is -0.673. The van der Waals surface area contributed by atoms with Crippen molar-refractivity contribution in [3.8, 4) is 0 Å². The Hall–Kier alpha value is -0.690. The summed E-state index contributed by atoms with van der Waals surface area (Å²) in [6, 6.07) is 6.41. The molecule has 0 aliphatic carbocycles. The summed E-state index contributed by atoms with van der Waals surface area (Å²) in [5, 5.41) is 0.194. The Morgan fingerprint density at radius 1 is 1.33 bits per heavy atom. The molecule has 0 aromatic heterocycles. The predicted molar refractivity (Wildman–Crippen MR) is 110 cm³/mol. The average Bonchev–Trinajstić information content (AvgIpc) is 2.83. The summed E-state index contributed by atoms with van der Waals surface area (Å²) in [7, 11) is 0. The van der Waals surface area contributed by atoms with Crippen molar-refractivity contribution in [1.29, 1.82) is 0 Å². The van der Waals surface area contributed by atoms with E-state index in [2.05, 4.69) is 0 Å². The Bertz CT molecular complexity index is 594. The van der Waals surface area contributed by atoms with E-state index in [1.54, 1.807) is 28.8 Å². The van der Waals surface area contributed by atoms with Crippen molar-refractivity contribution < 1.29 is 18.7 Å². The van der Waals surface area contributed by atoms with E-state index < -0.39 is 11.3 Å². The van der Waals surface area contributed by atoms with Crippen LogP contribution in [0.5, 0.6) is 0 Å². The number of hydrogen-bond acceptors (Lipinski definition) is 4. The number of hydrogen-bond donors (Lipinski definition) is 0. The molecule has 1 aliphatic heterocycles. The molecule has 0 N–H and O–H groups in total. The second-order valence-corrected chi connectivity index (χ2v) is 9.43. The number of carbonyl (C=O) groups excluding carboxylic acids is 1. The van der Waals surface area contributed by atoms with E-state index in [0.717, 1.165) is 17.1 Å². The highest BCUT2D eigenvalue weighted by Crippen LogP contribution is 2.32. The lowest BCUT2D eigenvalue weighted by Gasteiger charge is -2.35. The standard InChI is InChI=1S/C18H26FNO3S.CH2Cl2/c1-17(2,3)23-16(21)20-14(12-22-18(20,4)5)10-11-24-15-8-6-13(19)7-9-15;2-1-3/h6-9,14H,10-12H2,1-5H3;1H2/t14-;/m0./s1. The van der Waals surface area contributed by atoms with Gasteiger partial charge in [0.1, 0.15) is 17.1 Å². The van der Waals surface area contributed by atoms with Crippen LogP contribution in [0.3, 0.4) is 0 Å². The first-order valence-electron chi connectivity index (χ1n) is 8.66. The number of alkyl halides is 2. The third kappa shape index (κ3) is 8.46. The number of ether oxygens (including phenoxy) is 2. The summed E-state index contributed by atoms with van der Waals surface area (Å²) in [5.41, 5.74) is -1.21. The second-order valence-electron chi connectivity index (χ2n) is 7.45. The molecule has 1 aliphatic rings. The van der Waals surface area contributed by atoms with E-state index >= 15 is 0 Å². The zero-order valence-electron chi connectivity index (χ0n) is 16.4. The molecule has 1 aromatic carbocycles. The van der Waals surface area contributed by atoms with Crippen molar-refractivity contribution in [3.63, 3.8) is 0 Å². The highest BCUT2D eigenvalue weighted by Gasteiger charge is 2.45. The zero-order chi connectivity index (χ0) is 20.7. The molecule has 1 heterocycles. The maximum Gasteiger partial charge on any atom is 0.412 e. The van der Waals surface area contributed by atoms with Crippen LogP contribution in [0.15, 0.2) is 29.2 Å². The lowest BCUT2D eigenvalue weighted by atomic mass is 10.1. The fourth-order valence-corrected chi connectivity index (χ4v) is 3.57. The molecule has 8 heteroatoms. The smallest absolute Gasteiger partial charge is 0.412 e. The van der Waals surface area contributed by atoms with Crippen molar-refractivity contribution >= 4 is 41.1 Å². The predicted octanol–water partition coefficient (Wildman–Crippen LogP) is 6.10. The van der Waals surface area contributed by atoms with Crippen LogP contribution in [-0.2, 0) is 9.47 Å². The van der Waals surface area contributed by atoms with E-state index in [9.17, 15) is 9.18 Å². The second kappa shape index (κ2) is 10.7. The van der Waals surface area contributed by atoms with Crippen LogP contribution in [-0.4, -0.2) is 46.1 Å². The van der Waals surface area contributed by atoms with Crippen molar-refractivity contribution in [3.05, 3.63) is 30.1 Å². The molecule has 1 fully saturated rings. The number of benzene rings is 1. The van der Waals surface area contributed by atoms with Crippen molar-refractivity contribution in [2.75, 3.05) is 17.7 Å². The number of nitrogens with zero attached hydrogens (tertiary/aromatic N) is 1. The minimum Gasteiger partial charge on any atom is -0.444 e. The Morgan fingerprint density at radius 3 is 2.41 bits per heavy atom. The first kappa shape index (κ1) is 24.3. The Labute approximate surface area is 175 Å². The molecule has 0 radical (unpaired) electrons. The molecule has 4 nitrogen and oxygen atoms in total. The van der Waals surface area contributed by atoms with E-state index in [0.29, 0.717) is 6.61 Å². The molecular formula is C19H28Cl2FNO3S. The Balaban J connectivity index is 0.00000114. The molecule has 0 bridgehead atoms. The Morgan fingerprint density at radius 2 is 1.89 bits per heavy atom. The van der Waals surface area contributed by atoms with Crippen LogP contribution in [0.4, 0.5) is 9.18 Å². The van der Waals surface area contributed by atoms with Gasteiger partial charge < -0.3 is 9.47 Å². The Kier molecular flexibility index (Phi) is 9.69. The summed E-state index contributed by atoms with van der Waals surface area (Å²) in [4.78, 5) is 15.2. The van der Waals surface area contributed by atoms with Crippen molar-refractivity contribution in [1.82, 2.24) is 4.90 Å². The molecule has 27 heavy (non-hydrogen) atoms. The molecule has 0 saturated carbocycles. The minimum absolute atomic E-state index is 0.0252. The maximum atomic E-state index is 12.9. The summed E-state index contributed by atoms with van der Waals surface area (Å²) in [6.45, 7) is 9.82. The summed E-state index contributed by atoms with van der Waals surface area (Å²) >= 11 is 11.2. The van der Waals surface area contributed by atoms with Crippen LogP contribution >= 0.6 is 35.0 Å². The first-order chi connectivity index (χ1) is 12.5. The van der Waals surface area contributed by atoms with Crippen LogP contribution in [0.2, 0.25) is 0 Å². The highest BCUT2D eigenvalue weighted by atomic mass is 35.5. The van der Waals surface area contributed by atoms with E-state index in [4.69, 9.17) is 32.7 Å². The molecule has 0 spiro atoms. The summed E-state index contributed by atoms with van der Waals surface area (Å²) in [5.74, 6) is 0.580. The SMILES string of the molecule is CC(C)(C)OC(=O)N1[C@@H](CCSc2ccc(F)cc2)COC1(C)C.ClCCl. The molecule has 1 atom stereocenters. The van der Waals surface area contributed by atoms with Gasteiger partial charge in [-0.25, -0.2) is 9.18 Å². The van der Waals surface area contributed by atoms with Gasteiger partial charge in [0, 0.05) is 10.6 Å². The number of rotatable bonds is 4. The summed E-state index contributed by atoms with van der Waals surface area (Å²) in [6.07, 6.45) is 0.437. The van der Waals surface area contributed by atoms with Gasteiger partial charge in [-0.3, -0.25) is 4.90 Å². The van der Waals surface area contributed by atoms with Gasteiger partial charge in [-0.2, -0.15) is 0 Å². The third-order valence-electron chi connectivity index (χ3n) is 3.70. The average molecular weight is 440 g/mol. The maximum absolute atomic E-state index is 12.9. The van der Waals surface area contributed by atoms with Crippen LogP contribution in [0, 0.1) is 5.82 Å². The molecule has 1 aromatic rings. The topological polar surface area (TPSA) is 38.8 Å². The van der Waals surface area contributed by atoms with Gasteiger partial charge in [0.25, 0.3) is 0 Å². The van der Waals surface area contributed by atoms with E-state index in [1.807, 2.05) is 34.6 Å². The molecule has 1 saturated heterocycles. The molecule has 154 valence electrons. The number of carbonyl (C=O) groups is 1. The normalized spacial score (nSPS) is 18.7. The van der Waals surface area contributed by atoms with Crippen molar-refractivity contribution in [2.24, 2.45) is 0 Å². The molecule has 2 rings (SSSR count). The quantitative estimate of drug-likeness (QED) is 0.419. The molecule has 1 amide bonds. The van der Waals surface area contributed by atoms with Gasteiger partial charge >= 0.3 is 6.09 Å². The molecule has 0 unspecified atom stereocenters. The number of halogens is 3. The van der Waals surface area contributed by atoms with Gasteiger partial charge in [-0.05, 0) is 65.3 Å². The lowest BCUT2D eigenvalue weighted by molar-refractivity contribution is -0.0624. The van der Waals surface area contributed by atoms with Gasteiger partial charge in [-0.1, -0.05) is 0 Å². The fourth-order valence-electron chi connectivity index (χ4n) is 2.62. The van der Waals surface area contributed by atoms with Crippen LogP contribution in [0.1, 0.15) is 41.0 Å². The van der Waals surface area contributed by atoms with Gasteiger partial charge in [0.2, 0.25) is 0 Å². The summed E-state index contributed by atoms with van der Waals surface area (Å²) < 4.78 is 24.2. The van der Waals surface area contributed by atoms with Gasteiger partial charge in [0.15, 0.2) is 0 Å². The number of thioether (sulfide) groups is 1.